The number of nitrogens with zero attached hydrogens (tertiary/aromatic N) is 4. The van der Waals surface area contributed by atoms with E-state index in [0.717, 1.165) is 10.6 Å². The predicted molar refractivity (Wildman–Crippen MR) is 88.9 cm³/mol. The highest BCUT2D eigenvalue weighted by atomic mass is 32.1. The topological polar surface area (TPSA) is 80.7 Å². The van der Waals surface area contributed by atoms with Gasteiger partial charge in [-0.1, -0.05) is 41.7 Å². The SMILES string of the molecule is O=C(C=Cc1cnccn1)Nc1nnc(Cc2ccccc2)s1. The summed E-state index contributed by atoms with van der Waals surface area (Å²) in [4.78, 5) is 19.8. The number of hydrogen-bond donors (Lipinski definition) is 1. The van der Waals surface area contributed by atoms with E-state index >= 15 is 0 Å². The number of amides is 1. The van der Waals surface area contributed by atoms with Crippen molar-refractivity contribution >= 4 is 28.5 Å². The lowest BCUT2D eigenvalue weighted by Gasteiger charge is -1.96. The number of rotatable bonds is 5. The number of carbonyl (C=O) groups is 1. The van der Waals surface area contributed by atoms with E-state index in [0.29, 0.717) is 17.2 Å². The molecule has 3 aromatic rings. The maximum absolute atomic E-state index is 11.8. The van der Waals surface area contributed by atoms with Gasteiger partial charge >= 0.3 is 0 Å². The number of nitrogens with one attached hydrogen (secondary N) is 1. The van der Waals surface area contributed by atoms with Gasteiger partial charge in [-0.2, -0.15) is 0 Å². The first-order valence-corrected chi connectivity index (χ1v) is 7.72. The minimum Gasteiger partial charge on any atom is -0.297 e. The average molecular weight is 323 g/mol. The molecule has 1 N–H and O–H groups in total. The third-order valence-electron chi connectivity index (χ3n) is 2.88. The Morgan fingerprint density at radius 3 is 2.83 bits per heavy atom. The van der Waals surface area contributed by atoms with Crippen molar-refractivity contribution in [2.75, 3.05) is 5.32 Å². The third-order valence-corrected chi connectivity index (χ3v) is 3.72. The molecule has 0 aliphatic heterocycles. The summed E-state index contributed by atoms with van der Waals surface area (Å²) < 4.78 is 0. The molecule has 2 aromatic heterocycles. The van der Waals surface area contributed by atoms with Gasteiger partial charge in [0, 0.05) is 24.9 Å². The molecule has 6 nitrogen and oxygen atoms in total. The molecule has 0 unspecified atom stereocenters. The van der Waals surface area contributed by atoms with E-state index < -0.39 is 0 Å². The van der Waals surface area contributed by atoms with Crippen LogP contribution >= 0.6 is 11.3 Å². The molecule has 7 heteroatoms. The van der Waals surface area contributed by atoms with Crippen molar-refractivity contribution in [3.05, 3.63) is 71.3 Å². The van der Waals surface area contributed by atoms with E-state index in [1.54, 1.807) is 24.7 Å². The van der Waals surface area contributed by atoms with Crippen LogP contribution < -0.4 is 5.32 Å². The Morgan fingerprint density at radius 1 is 1.17 bits per heavy atom. The molecule has 0 saturated carbocycles. The molecule has 0 fully saturated rings. The minimum atomic E-state index is -0.280. The maximum Gasteiger partial charge on any atom is 0.250 e. The largest absolute Gasteiger partial charge is 0.297 e. The van der Waals surface area contributed by atoms with Crippen LogP contribution in [0.1, 0.15) is 16.3 Å². The molecule has 3 rings (SSSR count). The van der Waals surface area contributed by atoms with Gasteiger partial charge in [0.05, 0.1) is 11.9 Å². The second kappa shape index (κ2) is 7.37. The van der Waals surface area contributed by atoms with E-state index in [1.807, 2.05) is 30.3 Å². The first-order chi connectivity index (χ1) is 11.3. The van der Waals surface area contributed by atoms with Gasteiger partial charge in [0.25, 0.3) is 0 Å². The number of anilines is 1. The molecule has 2 heterocycles. The zero-order valence-corrected chi connectivity index (χ0v) is 12.9. The van der Waals surface area contributed by atoms with Crippen molar-refractivity contribution in [3.8, 4) is 0 Å². The maximum atomic E-state index is 11.8. The average Bonchev–Trinajstić information content (AvgIpc) is 3.02. The number of benzene rings is 1. The van der Waals surface area contributed by atoms with E-state index in [9.17, 15) is 4.79 Å². The highest BCUT2D eigenvalue weighted by Crippen LogP contribution is 2.18. The number of carbonyl (C=O) groups excluding carboxylic acids is 1. The van der Waals surface area contributed by atoms with Crippen molar-refractivity contribution in [2.45, 2.75) is 6.42 Å². The summed E-state index contributed by atoms with van der Waals surface area (Å²) in [5.74, 6) is -0.280. The molecule has 0 aliphatic rings. The molecule has 1 amide bonds. The van der Waals surface area contributed by atoms with Gasteiger partial charge in [-0.3, -0.25) is 20.1 Å². The van der Waals surface area contributed by atoms with Gasteiger partial charge in [0.1, 0.15) is 5.01 Å². The fourth-order valence-corrected chi connectivity index (χ4v) is 2.63. The van der Waals surface area contributed by atoms with Crippen molar-refractivity contribution in [2.24, 2.45) is 0 Å². The van der Waals surface area contributed by atoms with Crippen LogP contribution in [0.15, 0.2) is 55.0 Å². The number of hydrogen-bond acceptors (Lipinski definition) is 6. The standard InChI is InChI=1S/C16H13N5OS/c22-14(7-6-13-11-17-8-9-18-13)19-16-21-20-15(23-16)10-12-4-2-1-3-5-12/h1-9,11H,10H2,(H,19,21,22). The highest BCUT2D eigenvalue weighted by molar-refractivity contribution is 7.15. The summed E-state index contributed by atoms with van der Waals surface area (Å²) >= 11 is 1.36. The van der Waals surface area contributed by atoms with E-state index in [1.165, 1.54) is 17.4 Å². The first-order valence-electron chi connectivity index (χ1n) is 6.91. The van der Waals surface area contributed by atoms with Crippen LogP contribution in [0.25, 0.3) is 6.08 Å². The van der Waals surface area contributed by atoms with E-state index in [4.69, 9.17) is 0 Å². The summed E-state index contributed by atoms with van der Waals surface area (Å²) in [5.41, 5.74) is 1.77. The lowest BCUT2D eigenvalue weighted by atomic mass is 10.2. The van der Waals surface area contributed by atoms with Crippen LogP contribution in [0.5, 0.6) is 0 Å². The van der Waals surface area contributed by atoms with Crippen LogP contribution in [-0.4, -0.2) is 26.1 Å². The zero-order valence-electron chi connectivity index (χ0n) is 12.1. The van der Waals surface area contributed by atoms with Gasteiger partial charge in [-0.05, 0) is 11.6 Å². The number of aromatic nitrogens is 4. The molecule has 0 aliphatic carbocycles. The fraction of sp³-hybridized carbons (Fsp3) is 0.0625. The predicted octanol–water partition coefficient (Wildman–Crippen LogP) is 2.57. The summed E-state index contributed by atoms with van der Waals surface area (Å²) in [6, 6.07) is 10.00. The van der Waals surface area contributed by atoms with Gasteiger partial charge in [0.15, 0.2) is 0 Å². The highest BCUT2D eigenvalue weighted by Gasteiger charge is 2.07. The Hall–Kier alpha value is -2.93. The summed E-state index contributed by atoms with van der Waals surface area (Å²) in [5, 5.41) is 12.1. The lowest BCUT2D eigenvalue weighted by molar-refractivity contribution is -0.111. The molecule has 0 radical (unpaired) electrons. The Balaban J connectivity index is 1.58. The van der Waals surface area contributed by atoms with E-state index in [2.05, 4.69) is 25.5 Å². The molecule has 1 aromatic carbocycles. The molecule has 0 spiro atoms. The van der Waals surface area contributed by atoms with Crippen LogP contribution in [-0.2, 0) is 11.2 Å². The summed E-state index contributed by atoms with van der Waals surface area (Å²) in [6.07, 6.45) is 8.40. The quantitative estimate of drug-likeness (QED) is 0.730. The first kappa shape index (κ1) is 15.0. The van der Waals surface area contributed by atoms with Gasteiger partial charge in [-0.25, -0.2) is 0 Å². The fourth-order valence-electron chi connectivity index (χ4n) is 1.85. The van der Waals surface area contributed by atoms with Gasteiger partial charge < -0.3 is 0 Å². The molecule has 23 heavy (non-hydrogen) atoms. The minimum absolute atomic E-state index is 0.280. The summed E-state index contributed by atoms with van der Waals surface area (Å²) in [7, 11) is 0. The van der Waals surface area contributed by atoms with Gasteiger partial charge in [-0.15, -0.1) is 10.2 Å². The second-order valence-corrected chi connectivity index (χ2v) is 5.68. The smallest absolute Gasteiger partial charge is 0.250 e. The van der Waals surface area contributed by atoms with Crippen molar-refractivity contribution < 1.29 is 4.79 Å². The second-order valence-electron chi connectivity index (χ2n) is 4.62. The molecular formula is C16H13N5OS. The molecule has 0 saturated heterocycles. The Morgan fingerprint density at radius 2 is 2.04 bits per heavy atom. The van der Waals surface area contributed by atoms with E-state index in [-0.39, 0.29) is 5.91 Å². The molecular weight excluding hydrogens is 310 g/mol. The van der Waals surface area contributed by atoms with Crippen LogP contribution in [0, 0.1) is 0 Å². The third kappa shape index (κ3) is 4.52. The van der Waals surface area contributed by atoms with Gasteiger partial charge in [0.2, 0.25) is 11.0 Å². The Kier molecular flexibility index (Phi) is 4.80. The van der Waals surface area contributed by atoms with Crippen molar-refractivity contribution in [1.82, 2.24) is 20.2 Å². The lowest BCUT2D eigenvalue weighted by Crippen LogP contribution is -2.07. The van der Waals surface area contributed by atoms with Crippen LogP contribution in [0.2, 0.25) is 0 Å². The zero-order chi connectivity index (χ0) is 15.9. The molecule has 114 valence electrons. The van der Waals surface area contributed by atoms with Crippen LogP contribution in [0.4, 0.5) is 5.13 Å². The Labute approximate surface area is 137 Å². The normalized spacial score (nSPS) is 10.8. The molecule has 0 bridgehead atoms. The molecule has 0 atom stereocenters. The van der Waals surface area contributed by atoms with Crippen molar-refractivity contribution in [1.29, 1.82) is 0 Å². The Bertz CT molecular complexity index is 802. The van der Waals surface area contributed by atoms with Crippen LogP contribution in [0.3, 0.4) is 0 Å². The monoisotopic (exact) mass is 323 g/mol. The summed E-state index contributed by atoms with van der Waals surface area (Å²) in [6.45, 7) is 0. The van der Waals surface area contributed by atoms with Crippen molar-refractivity contribution in [3.63, 3.8) is 0 Å².